The second kappa shape index (κ2) is 6.58. The fraction of sp³-hybridized carbons (Fsp3) is 0.588. The molecule has 2 aliphatic heterocycles. The minimum absolute atomic E-state index is 0.129. The maximum atomic E-state index is 12.3. The van der Waals surface area contributed by atoms with Crippen LogP contribution < -0.4 is 10.6 Å². The van der Waals surface area contributed by atoms with E-state index in [1.54, 1.807) is 7.11 Å². The first-order chi connectivity index (χ1) is 10.2. The van der Waals surface area contributed by atoms with Crippen molar-refractivity contribution in [3.05, 3.63) is 29.8 Å². The number of nitrogens with one attached hydrogen (secondary N) is 2. The third kappa shape index (κ3) is 3.63. The lowest BCUT2D eigenvalue weighted by atomic mass is 9.89. The lowest BCUT2D eigenvalue weighted by molar-refractivity contribution is -0.117. The molecule has 0 aliphatic carbocycles. The monoisotopic (exact) mass is 288 g/mol. The number of fused-ring (bicyclic) bond motifs is 2. The lowest BCUT2D eigenvalue weighted by Crippen LogP contribution is -2.39. The van der Waals surface area contributed by atoms with E-state index in [0.717, 1.165) is 24.1 Å². The summed E-state index contributed by atoms with van der Waals surface area (Å²) >= 11 is 0. The highest BCUT2D eigenvalue weighted by Gasteiger charge is 2.34. The smallest absolute Gasteiger partial charge is 0.224 e. The molecule has 2 saturated heterocycles. The number of hydrogen-bond acceptors (Lipinski definition) is 3. The van der Waals surface area contributed by atoms with Gasteiger partial charge in [-0.15, -0.1) is 0 Å². The van der Waals surface area contributed by atoms with Crippen LogP contribution in [0.5, 0.6) is 0 Å². The first kappa shape index (κ1) is 14.5. The number of amides is 1. The standard InChI is InChI=1S/C17H24N2O2/c1-21-11-13-4-2-3-5-16(13)19-17(20)10-12-8-14-6-7-15(9-12)18-14/h2-5,12,14-15,18H,6-11H2,1H3,(H,19,20). The average Bonchev–Trinajstić information content (AvgIpc) is 2.80. The zero-order valence-corrected chi connectivity index (χ0v) is 12.6. The van der Waals surface area contributed by atoms with Gasteiger partial charge in [-0.1, -0.05) is 18.2 Å². The Morgan fingerprint density at radius 1 is 1.29 bits per heavy atom. The van der Waals surface area contributed by atoms with Gasteiger partial charge >= 0.3 is 0 Å². The van der Waals surface area contributed by atoms with Gasteiger partial charge in [-0.3, -0.25) is 4.79 Å². The second-order valence-corrected chi connectivity index (χ2v) is 6.32. The Bertz CT molecular complexity index is 491. The van der Waals surface area contributed by atoms with Crippen molar-refractivity contribution in [1.29, 1.82) is 0 Å². The highest BCUT2D eigenvalue weighted by atomic mass is 16.5. The van der Waals surface area contributed by atoms with Gasteiger partial charge in [0.1, 0.15) is 0 Å². The third-order valence-corrected chi connectivity index (χ3v) is 4.64. The number of carbonyl (C=O) groups excluding carboxylic acids is 1. The van der Waals surface area contributed by atoms with Crippen LogP contribution >= 0.6 is 0 Å². The van der Waals surface area contributed by atoms with Crippen molar-refractivity contribution in [2.75, 3.05) is 12.4 Å². The molecule has 0 aromatic heterocycles. The van der Waals surface area contributed by atoms with Gasteiger partial charge < -0.3 is 15.4 Å². The fourth-order valence-electron chi connectivity index (χ4n) is 3.73. The molecule has 2 aliphatic rings. The first-order valence-corrected chi connectivity index (χ1v) is 7.87. The van der Waals surface area contributed by atoms with E-state index < -0.39 is 0 Å². The highest BCUT2D eigenvalue weighted by Crippen LogP contribution is 2.32. The van der Waals surface area contributed by atoms with Crippen molar-refractivity contribution in [2.24, 2.45) is 5.92 Å². The number of para-hydroxylation sites is 1. The molecule has 21 heavy (non-hydrogen) atoms. The van der Waals surface area contributed by atoms with Crippen molar-refractivity contribution in [3.8, 4) is 0 Å². The summed E-state index contributed by atoms with van der Waals surface area (Å²) < 4.78 is 5.18. The quantitative estimate of drug-likeness (QED) is 0.876. The molecule has 2 atom stereocenters. The predicted octanol–water partition coefficient (Wildman–Crippen LogP) is 2.69. The molecular formula is C17H24N2O2. The maximum Gasteiger partial charge on any atom is 0.224 e. The topological polar surface area (TPSA) is 50.4 Å². The van der Waals surface area contributed by atoms with Crippen molar-refractivity contribution >= 4 is 11.6 Å². The largest absolute Gasteiger partial charge is 0.380 e. The van der Waals surface area contributed by atoms with E-state index in [-0.39, 0.29) is 5.91 Å². The van der Waals surface area contributed by atoms with Crippen LogP contribution in [0.1, 0.15) is 37.7 Å². The van der Waals surface area contributed by atoms with Gasteiger partial charge in [-0.05, 0) is 37.7 Å². The Hall–Kier alpha value is -1.39. The Labute approximate surface area is 126 Å². The number of piperidine rings is 1. The van der Waals surface area contributed by atoms with Crippen LogP contribution in [0, 0.1) is 5.92 Å². The molecule has 3 rings (SSSR count). The zero-order valence-electron chi connectivity index (χ0n) is 12.6. The van der Waals surface area contributed by atoms with Crippen LogP contribution in [0.2, 0.25) is 0 Å². The average molecular weight is 288 g/mol. The van der Waals surface area contributed by atoms with Crippen molar-refractivity contribution in [2.45, 2.75) is 50.8 Å². The molecule has 2 heterocycles. The van der Waals surface area contributed by atoms with Crippen LogP contribution in [-0.2, 0) is 16.1 Å². The van der Waals surface area contributed by atoms with Crippen molar-refractivity contribution in [3.63, 3.8) is 0 Å². The zero-order chi connectivity index (χ0) is 14.7. The summed E-state index contributed by atoms with van der Waals surface area (Å²) in [6.07, 6.45) is 5.47. The minimum atomic E-state index is 0.129. The Morgan fingerprint density at radius 2 is 2.00 bits per heavy atom. The number of rotatable bonds is 5. The van der Waals surface area contributed by atoms with E-state index in [9.17, 15) is 4.79 Å². The molecule has 2 unspecified atom stereocenters. The predicted molar refractivity (Wildman–Crippen MR) is 83.1 cm³/mol. The molecule has 4 nitrogen and oxygen atoms in total. The first-order valence-electron chi connectivity index (χ1n) is 7.87. The molecule has 1 aromatic carbocycles. The molecule has 2 N–H and O–H groups in total. The van der Waals surface area contributed by atoms with Crippen LogP contribution in [0.15, 0.2) is 24.3 Å². The normalized spacial score (nSPS) is 27.6. The summed E-state index contributed by atoms with van der Waals surface area (Å²) in [5, 5.41) is 6.67. The molecule has 1 aromatic rings. The number of carbonyl (C=O) groups is 1. The molecule has 2 bridgehead atoms. The van der Waals surface area contributed by atoms with Gasteiger partial charge in [0.05, 0.1) is 6.61 Å². The second-order valence-electron chi connectivity index (χ2n) is 6.32. The summed E-state index contributed by atoms with van der Waals surface area (Å²) in [4.78, 5) is 12.3. The SMILES string of the molecule is COCc1ccccc1NC(=O)CC1CC2CCC(C1)N2. The van der Waals surface area contributed by atoms with Crippen LogP contribution in [-0.4, -0.2) is 25.1 Å². The molecule has 0 saturated carbocycles. The van der Waals surface area contributed by atoms with Crippen LogP contribution in [0.4, 0.5) is 5.69 Å². The number of ether oxygens (including phenoxy) is 1. The van der Waals surface area contributed by atoms with Crippen LogP contribution in [0.25, 0.3) is 0 Å². The molecule has 114 valence electrons. The number of anilines is 1. The van der Waals surface area contributed by atoms with Gasteiger partial charge in [-0.25, -0.2) is 0 Å². The number of hydrogen-bond donors (Lipinski definition) is 2. The molecule has 4 heteroatoms. The summed E-state index contributed by atoms with van der Waals surface area (Å²) in [5.41, 5.74) is 1.90. The summed E-state index contributed by atoms with van der Waals surface area (Å²) in [5.74, 6) is 0.656. The van der Waals surface area contributed by atoms with Crippen molar-refractivity contribution < 1.29 is 9.53 Å². The van der Waals surface area contributed by atoms with E-state index in [1.807, 2.05) is 24.3 Å². The Kier molecular flexibility index (Phi) is 4.56. The molecule has 2 fully saturated rings. The summed E-state index contributed by atoms with van der Waals surface area (Å²) in [6, 6.07) is 9.13. The van der Waals surface area contributed by atoms with Gasteiger partial charge in [0.2, 0.25) is 5.91 Å². The van der Waals surface area contributed by atoms with Crippen LogP contribution in [0.3, 0.4) is 0 Å². The lowest BCUT2D eigenvalue weighted by Gasteiger charge is -2.28. The van der Waals surface area contributed by atoms with E-state index in [1.165, 1.54) is 12.8 Å². The van der Waals surface area contributed by atoms with E-state index >= 15 is 0 Å². The number of methoxy groups -OCH3 is 1. The molecule has 0 radical (unpaired) electrons. The minimum Gasteiger partial charge on any atom is -0.380 e. The molecule has 0 spiro atoms. The van der Waals surface area contributed by atoms with E-state index in [0.29, 0.717) is 31.0 Å². The van der Waals surface area contributed by atoms with Gasteiger partial charge in [0, 0.05) is 36.9 Å². The molecular weight excluding hydrogens is 264 g/mol. The Balaban J connectivity index is 1.57. The van der Waals surface area contributed by atoms with E-state index in [4.69, 9.17) is 4.74 Å². The number of benzene rings is 1. The third-order valence-electron chi connectivity index (χ3n) is 4.64. The summed E-state index contributed by atoms with van der Waals surface area (Å²) in [6.45, 7) is 0.522. The fourth-order valence-corrected chi connectivity index (χ4v) is 3.73. The van der Waals surface area contributed by atoms with E-state index in [2.05, 4.69) is 10.6 Å². The van der Waals surface area contributed by atoms with Gasteiger partial charge in [0.25, 0.3) is 0 Å². The maximum absolute atomic E-state index is 12.3. The summed E-state index contributed by atoms with van der Waals surface area (Å²) in [7, 11) is 1.67. The van der Waals surface area contributed by atoms with Crippen molar-refractivity contribution in [1.82, 2.24) is 5.32 Å². The van der Waals surface area contributed by atoms with Gasteiger partial charge in [0.15, 0.2) is 0 Å². The highest BCUT2D eigenvalue weighted by molar-refractivity contribution is 5.91. The Morgan fingerprint density at radius 3 is 2.71 bits per heavy atom. The van der Waals surface area contributed by atoms with Gasteiger partial charge in [-0.2, -0.15) is 0 Å². The molecule has 1 amide bonds.